The maximum Gasteiger partial charge on any atom is 0.306 e. The van der Waals surface area contributed by atoms with E-state index in [9.17, 15) is 25.2 Å². The molecule has 0 bridgehead atoms. The van der Waals surface area contributed by atoms with E-state index in [2.05, 4.69) is 98.9 Å². The third-order valence-electron chi connectivity index (χ3n) is 9.80. The summed E-state index contributed by atoms with van der Waals surface area (Å²) in [6.07, 6.45) is 46.0. The van der Waals surface area contributed by atoms with Gasteiger partial charge in [-0.1, -0.05) is 144 Å². The number of aliphatic hydroxyl groups excluding tert-OH is 4. The van der Waals surface area contributed by atoms with Crippen LogP contribution in [0.2, 0.25) is 0 Å². The van der Waals surface area contributed by atoms with Crippen molar-refractivity contribution in [3.63, 3.8) is 0 Å². The van der Waals surface area contributed by atoms with E-state index in [0.717, 1.165) is 109 Å². The van der Waals surface area contributed by atoms with Crippen LogP contribution >= 0.6 is 0 Å². The molecule has 1 aliphatic heterocycles. The summed E-state index contributed by atoms with van der Waals surface area (Å²) >= 11 is 0. The highest BCUT2D eigenvalue weighted by Crippen LogP contribution is 2.22. The highest BCUT2D eigenvalue weighted by Gasteiger charge is 2.44. The third kappa shape index (κ3) is 30.4. The smallest absolute Gasteiger partial charge is 0.306 e. The molecular formula is C49H82O9. The normalized spacial score (nSPS) is 21.1. The van der Waals surface area contributed by atoms with Gasteiger partial charge < -0.3 is 39.4 Å². The number of aliphatic hydroxyl groups is 4. The van der Waals surface area contributed by atoms with Gasteiger partial charge in [0.15, 0.2) is 6.29 Å². The van der Waals surface area contributed by atoms with Crippen molar-refractivity contribution < 1.29 is 44.2 Å². The molecule has 0 aromatic rings. The van der Waals surface area contributed by atoms with Crippen molar-refractivity contribution in [2.75, 3.05) is 26.4 Å². The van der Waals surface area contributed by atoms with Gasteiger partial charge in [-0.25, -0.2) is 0 Å². The molecule has 58 heavy (non-hydrogen) atoms. The second-order valence-electron chi connectivity index (χ2n) is 15.1. The van der Waals surface area contributed by atoms with Crippen molar-refractivity contribution >= 4 is 5.97 Å². The summed E-state index contributed by atoms with van der Waals surface area (Å²) in [5, 5.41) is 40.1. The average Bonchev–Trinajstić information content (AvgIpc) is 3.22. The fourth-order valence-corrected chi connectivity index (χ4v) is 6.25. The Labute approximate surface area is 352 Å². The van der Waals surface area contributed by atoms with Crippen LogP contribution in [-0.2, 0) is 23.7 Å². The quantitative estimate of drug-likeness (QED) is 0.0275. The van der Waals surface area contributed by atoms with Crippen LogP contribution in [0.3, 0.4) is 0 Å². The number of unbranched alkanes of at least 4 members (excludes halogenated alkanes) is 12. The van der Waals surface area contributed by atoms with Crippen molar-refractivity contribution in [2.24, 2.45) is 0 Å². The number of carbonyl (C=O) groups is 1. The van der Waals surface area contributed by atoms with E-state index >= 15 is 0 Å². The number of hydrogen-bond donors (Lipinski definition) is 4. The summed E-state index contributed by atoms with van der Waals surface area (Å²) < 4.78 is 22.8. The van der Waals surface area contributed by atoms with Crippen LogP contribution in [0.5, 0.6) is 0 Å². The van der Waals surface area contributed by atoms with Gasteiger partial charge in [-0.2, -0.15) is 0 Å². The lowest BCUT2D eigenvalue weighted by Crippen LogP contribution is -2.59. The Morgan fingerprint density at radius 1 is 0.569 bits per heavy atom. The molecule has 0 radical (unpaired) electrons. The summed E-state index contributed by atoms with van der Waals surface area (Å²) in [6, 6.07) is 0. The van der Waals surface area contributed by atoms with Gasteiger partial charge in [0.2, 0.25) is 0 Å². The van der Waals surface area contributed by atoms with Gasteiger partial charge in [0.1, 0.15) is 30.5 Å². The average molecular weight is 815 g/mol. The number of carbonyl (C=O) groups excluding carboxylic acids is 1. The van der Waals surface area contributed by atoms with Crippen LogP contribution in [-0.4, -0.2) is 89.6 Å². The zero-order valence-corrected chi connectivity index (χ0v) is 36.3. The van der Waals surface area contributed by atoms with Gasteiger partial charge in [0.25, 0.3) is 0 Å². The Kier molecular flexibility index (Phi) is 36.6. The molecule has 0 saturated carbocycles. The first-order valence-corrected chi connectivity index (χ1v) is 22.7. The zero-order valence-electron chi connectivity index (χ0n) is 36.3. The summed E-state index contributed by atoms with van der Waals surface area (Å²) in [7, 11) is 0. The maximum atomic E-state index is 12.8. The Bertz CT molecular complexity index is 1150. The summed E-state index contributed by atoms with van der Waals surface area (Å²) in [5.74, 6) is -0.341. The first-order chi connectivity index (χ1) is 28.4. The molecule has 1 aliphatic rings. The lowest BCUT2D eigenvalue weighted by atomic mass is 9.99. The topological polar surface area (TPSA) is 135 Å². The molecule has 1 heterocycles. The van der Waals surface area contributed by atoms with Crippen molar-refractivity contribution in [3.8, 4) is 0 Å². The Morgan fingerprint density at radius 2 is 1.05 bits per heavy atom. The van der Waals surface area contributed by atoms with Crippen LogP contribution in [0.15, 0.2) is 85.1 Å². The molecular weight excluding hydrogens is 733 g/mol. The molecule has 9 heteroatoms. The number of hydrogen-bond acceptors (Lipinski definition) is 9. The van der Waals surface area contributed by atoms with Crippen LogP contribution in [0.25, 0.3) is 0 Å². The van der Waals surface area contributed by atoms with Crippen LogP contribution in [0.4, 0.5) is 0 Å². The number of esters is 1. The summed E-state index contributed by atoms with van der Waals surface area (Å²) in [6.45, 7) is 4.32. The first kappa shape index (κ1) is 53.4. The van der Waals surface area contributed by atoms with Gasteiger partial charge >= 0.3 is 5.97 Å². The Hall–Kier alpha value is -2.63. The molecule has 0 aliphatic carbocycles. The van der Waals surface area contributed by atoms with Crippen LogP contribution in [0.1, 0.15) is 155 Å². The highest BCUT2D eigenvalue weighted by atomic mass is 16.7. The second kappa shape index (κ2) is 39.8. The molecule has 6 atom stereocenters. The fourth-order valence-electron chi connectivity index (χ4n) is 6.25. The van der Waals surface area contributed by atoms with Gasteiger partial charge in [-0.05, 0) is 89.9 Å². The lowest BCUT2D eigenvalue weighted by Gasteiger charge is -2.39. The van der Waals surface area contributed by atoms with E-state index in [1.807, 2.05) is 0 Å². The van der Waals surface area contributed by atoms with Crippen molar-refractivity contribution in [3.05, 3.63) is 85.1 Å². The molecule has 0 aromatic heterocycles. The minimum absolute atomic E-state index is 0.116. The van der Waals surface area contributed by atoms with Crippen molar-refractivity contribution in [1.29, 1.82) is 0 Å². The molecule has 9 nitrogen and oxygen atoms in total. The van der Waals surface area contributed by atoms with Crippen LogP contribution < -0.4 is 0 Å². The monoisotopic (exact) mass is 815 g/mol. The van der Waals surface area contributed by atoms with Crippen LogP contribution in [0, 0.1) is 0 Å². The van der Waals surface area contributed by atoms with Crippen molar-refractivity contribution in [2.45, 2.75) is 192 Å². The molecule has 332 valence electrons. The minimum Gasteiger partial charge on any atom is -0.457 e. The molecule has 0 aromatic carbocycles. The predicted molar refractivity (Wildman–Crippen MR) is 237 cm³/mol. The van der Waals surface area contributed by atoms with Gasteiger partial charge in [0.05, 0.1) is 19.8 Å². The predicted octanol–water partition coefficient (Wildman–Crippen LogP) is 10.2. The third-order valence-corrected chi connectivity index (χ3v) is 9.80. The molecule has 1 rings (SSSR count). The number of allylic oxidation sites excluding steroid dienone is 14. The number of ether oxygens (including phenoxy) is 4. The van der Waals surface area contributed by atoms with Gasteiger partial charge in [-0.15, -0.1) is 0 Å². The molecule has 1 saturated heterocycles. The second-order valence-corrected chi connectivity index (χ2v) is 15.1. The Morgan fingerprint density at radius 3 is 1.59 bits per heavy atom. The van der Waals surface area contributed by atoms with Crippen molar-refractivity contribution in [1.82, 2.24) is 0 Å². The van der Waals surface area contributed by atoms with E-state index < -0.39 is 43.4 Å². The lowest BCUT2D eigenvalue weighted by molar-refractivity contribution is -0.305. The molecule has 1 fully saturated rings. The van der Waals surface area contributed by atoms with E-state index in [1.165, 1.54) is 25.7 Å². The molecule has 6 unspecified atom stereocenters. The largest absolute Gasteiger partial charge is 0.457 e. The first-order valence-electron chi connectivity index (χ1n) is 22.7. The molecule has 4 N–H and O–H groups in total. The maximum absolute atomic E-state index is 12.8. The fraction of sp³-hybridized carbons (Fsp3) is 0.694. The van der Waals surface area contributed by atoms with Gasteiger partial charge in [0, 0.05) is 13.0 Å². The highest BCUT2D eigenvalue weighted by molar-refractivity contribution is 5.69. The summed E-state index contributed by atoms with van der Waals surface area (Å²) in [5.41, 5.74) is 0. The Balaban J connectivity index is 2.31. The van der Waals surface area contributed by atoms with E-state index in [4.69, 9.17) is 18.9 Å². The summed E-state index contributed by atoms with van der Waals surface area (Å²) in [4.78, 5) is 12.8. The SMILES string of the molecule is CC/C=C\C/C=C\C/C=C\C/C=C\C/C=C\CCCCCCOCC(COC1OC(CO)C(O)C(O)C1O)OC(=O)CCCCCCC/C=C\C/C=C\CCCCC. The number of rotatable bonds is 37. The standard InChI is InChI=1S/C49H82O9/c1-3-5-7-9-11-13-15-17-19-20-21-22-23-25-27-29-31-33-35-37-39-55-41-43(42-56-49-48(54)47(53)46(52)44(40-50)58-49)57-45(51)38-36-34-32-30-28-26-24-18-16-14-12-10-8-6-4-2/h5,7,11-14,17-19,21-22,24-25,27,43-44,46-50,52-54H,3-4,6,8-10,15-16,20,23,26,28-42H2,1-2H3/b7-5-,13-11-,14-12-,19-17-,22-21-,24-18-,27-25-. The van der Waals surface area contributed by atoms with E-state index in [1.54, 1.807) is 0 Å². The zero-order chi connectivity index (χ0) is 42.2. The molecule has 0 spiro atoms. The minimum atomic E-state index is -1.55. The van der Waals surface area contributed by atoms with Gasteiger partial charge in [-0.3, -0.25) is 4.79 Å². The van der Waals surface area contributed by atoms with E-state index in [0.29, 0.717) is 13.0 Å². The molecule has 0 amide bonds. The van der Waals surface area contributed by atoms with E-state index in [-0.39, 0.29) is 19.2 Å².